The van der Waals surface area contributed by atoms with Gasteiger partial charge in [0.25, 0.3) is 5.91 Å². The topological polar surface area (TPSA) is 71.5 Å². The van der Waals surface area contributed by atoms with E-state index in [1.807, 2.05) is 44.2 Å². The zero-order valence-electron chi connectivity index (χ0n) is 16.3. The van der Waals surface area contributed by atoms with E-state index in [9.17, 15) is 9.59 Å². The lowest BCUT2D eigenvalue weighted by Gasteiger charge is -2.56. The molecule has 0 aliphatic carbocycles. The van der Waals surface area contributed by atoms with Gasteiger partial charge in [-0.1, -0.05) is 25.1 Å². The molecule has 0 radical (unpaired) electrons. The number of para-hydroxylation sites is 1. The molecule has 2 amide bonds. The van der Waals surface area contributed by atoms with Crippen LogP contribution in [0.4, 0.5) is 11.4 Å². The first-order valence-electron chi connectivity index (χ1n) is 9.73. The van der Waals surface area contributed by atoms with Crippen molar-refractivity contribution in [3.63, 3.8) is 0 Å². The highest BCUT2D eigenvalue weighted by Crippen LogP contribution is 2.60. The van der Waals surface area contributed by atoms with Crippen LogP contribution in [0.3, 0.4) is 0 Å². The molecule has 2 bridgehead atoms. The highest BCUT2D eigenvalue weighted by molar-refractivity contribution is 6.19. The minimum Gasteiger partial charge on any atom is -0.494 e. The number of imide groups is 1. The van der Waals surface area contributed by atoms with Crippen LogP contribution in [0.2, 0.25) is 0 Å². The Morgan fingerprint density at radius 2 is 1.97 bits per heavy atom. The van der Waals surface area contributed by atoms with Crippen molar-refractivity contribution in [3.8, 4) is 16.9 Å². The number of benzene rings is 2. The van der Waals surface area contributed by atoms with Gasteiger partial charge in [0.1, 0.15) is 16.8 Å². The molecule has 6 heteroatoms. The molecule has 2 unspecified atom stereocenters. The van der Waals surface area contributed by atoms with Crippen LogP contribution in [-0.2, 0) is 9.59 Å². The maximum absolute atomic E-state index is 13.2. The first-order valence-corrected chi connectivity index (χ1v) is 9.73. The fraction of sp³-hybridized carbons (Fsp3) is 0.261. The number of carbonyl (C=O) groups is 2. The molecule has 4 heterocycles. The van der Waals surface area contributed by atoms with E-state index in [-0.39, 0.29) is 17.7 Å². The van der Waals surface area contributed by atoms with Crippen molar-refractivity contribution in [3.05, 3.63) is 48.2 Å². The molecule has 3 aromatic rings. The molecule has 3 atom stereocenters. The highest BCUT2D eigenvalue weighted by Gasteiger charge is 2.60. The molecular weight excluding hydrogens is 366 g/mol. The second-order valence-electron chi connectivity index (χ2n) is 8.18. The first-order chi connectivity index (χ1) is 14.0. The molecular formula is C23H19N3O3. The van der Waals surface area contributed by atoms with E-state index in [1.165, 1.54) is 0 Å². The van der Waals surface area contributed by atoms with Crippen molar-refractivity contribution >= 4 is 34.1 Å². The number of pyridine rings is 1. The third-order valence-electron chi connectivity index (χ3n) is 7.02. The number of amides is 2. The van der Waals surface area contributed by atoms with Gasteiger partial charge >= 0.3 is 0 Å². The van der Waals surface area contributed by atoms with E-state index in [0.717, 1.165) is 39.0 Å². The van der Waals surface area contributed by atoms with Crippen LogP contribution in [0.25, 0.3) is 22.0 Å². The van der Waals surface area contributed by atoms with Crippen LogP contribution in [0.15, 0.2) is 42.6 Å². The van der Waals surface area contributed by atoms with Crippen LogP contribution < -0.4 is 15.0 Å². The lowest BCUT2D eigenvalue weighted by Crippen LogP contribution is -2.69. The molecule has 0 spiro atoms. The standard InChI is InChI=1S/C23H19N3O3/c1-11-17-14-10-16(29-3)19-18-13(8-9-24-19)12-6-4-5-7-15(12)26(20(14)18)23(11,2)22(28)25-21(17)27/h4-11,17H,1-3H3,(H,25,27,28)/t11?,17?,23-/m1/s1. The number of methoxy groups -OCH3 is 1. The lowest BCUT2D eigenvalue weighted by atomic mass is 9.65. The van der Waals surface area contributed by atoms with Gasteiger partial charge in [-0.15, -0.1) is 0 Å². The number of hydrogen-bond donors (Lipinski definition) is 1. The number of aromatic nitrogens is 1. The van der Waals surface area contributed by atoms with Crippen molar-refractivity contribution in [2.45, 2.75) is 25.3 Å². The molecule has 1 saturated heterocycles. The number of piperidine rings is 1. The number of fused-ring (bicyclic) bond motifs is 7. The van der Waals surface area contributed by atoms with Crippen molar-refractivity contribution in [1.82, 2.24) is 10.3 Å². The Balaban J connectivity index is 1.88. The summed E-state index contributed by atoms with van der Waals surface area (Å²) < 4.78 is 5.67. The molecule has 3 aliphatic heterocycles. The number of rotatable bonds is 1. The van der Waals surface area contributed by atoms with E-state index in [2.05, 4.69) is 21.3 Å². The van der Waals surface area contributed by atoms with E-state index in [1.54, 1.807) is 13.3 Å². The quantitative estimate of drug-likeness (QED) is 0.649. The molecule has 29 heavy (non-hydrogen) atoms. The average Bonchev–Trinajstić information content (AvgIpc) is 2.73. The summed E-state index contributed by atoms with van der Waals surface area (Å²) in [5, 5.41) is 3.55. The lowest BCUT2D eigenvalue weighted by molar-refractivity contribution is -0.141. The molecule has 0 saturated carbocycles. The number of nitrogens with one attached hydrogen (secondary N) is 1. The monoisotopic (exact) mass is 385 g/mol. The van der Waals surface area contributed by atoms with Crippen molar-refractivity contribution in [1.29, 1.82) is 0 Å². The van der Waals surface area contributed by atoms with E-state index >= 15 is 0 Å². The van der Waals surface area contributed by atoms with Gasteiger partial charge in [-0.2, -0.15) is 0 Å². The SMILES string of the molecule is COc1cc2c3c4c(ccnc14)-c1ccccc1N3[C@@]1(C)C(=O)NC(=O)C2C1C. The van der Waals surface area contributed by atoms with E-state index in [0.29, 0.717) is 5.75 Å². The van der Waals surface area contributed by atoms with E-state index in [4.69, 9.17) is 4.74 Å². The van der Waals surface area contributed by atoms with Gasteiger partial charge in [0, 0.05) is 23.1 Å². The minimum atomic E-state index is -0.892. The molecule has 1 N–H and O–H groups in total. The number of anilines is 2. The summed E-state index contributed by atoms with van der Waals surface area (Å²) in [6.07, 6.45) is 1.78. The van der Waals surface area contributed by atoms with Gasteiger partial charge in [0.2, 0.25) is 5.91 Å². The normalized spacial score (nSPS) is 26.2. The summed E-state index contributed by atoms with van der Waals surface area (Å²) in [6.45, 7) is 3.92. The predicted molar refractivity (Wildman–Crippen MR) is 109 cm³/mol. The fourth-order valence-electron chi connectivity index (χ4n) is 5.46. The van der Waals surface area contributed by atoms with Gasteiger partial charge in [-0.05, 0) is 36.2 Å². The zero-order valence-corrected chi connectivity index (χ0v) is 16.3. The molecule has 1 aromatic heterocycles. The fourth-order valence-corrected chi connectivity index (χ4v) is 5.46. The Kier molecular flexibility index (Phi) is 2.93. The first kappa shape index (κ1) is 16.5. The number of nitrogens with zero attached hydrogens (tertiary/aromatic N) is 2. The van der Waals surface area contributed by atoms with E-state index < -0.39 is 11.5 Å². The molecule has 6 nitrogen and oxygen atoms in total. The van der Waals surface area contributed by atoms with Crippen LogP contribution in [0.5, 0.6) is 5.75 Å². The van der Waals surface area contributed by atoms with Crippen LogP contribution in [-0.4, -0.2) is 29.4 Å². The highest BCUT2D eigenvalue weighted by atomic mass is 16.5. The number of hydrogen-bond acceptors (Lipinski definition) is 5. The zero-order chi connectivity index (χ0) is 20.1. The van der Waals surface area contributed by atoms with Crippen LogP contribution in [0, 0.1) is 5.92 Å². The predicted octanol–water partition coefficient (Wildman–Crippen LogP) is 3.51. The molecule has 1 fully saturated rings. The van der Waals surface area contributed by atoms with Crippen LogP contribution in [0.1, 0.15) is 25.3 Å². The Hall–Kier alpha value is -3.41. The van der Waals surface area contributed by atoms with Crippen molar-refractivity contribution < 1.29 is 14.3 Å². The molecule has 3 aliphatic rings. The largest absolute Gasteiger partial charge is 0.494 e. The molecule has 6 rings (SSSR count). The van der Waals surface area contributed by atoms with Gasteiger partial charge < -0.3 is 9.64 Å². The average molecular weight is 385 g/mol. The molecule has 144 valence electrons. The summed E-state index contributed by atoms with van der Waals surface area (Å²) in [7, 11) is 1.62. The summed E-state index contributed by atoms with van der Waals surface area (Å²) in [4.78, 5) is 32.8. The minimum absolute atomic E-state index is 0.204. The molecule has 2 aromatic carbocycles. The van der Waals surface area contributed by atoms with Gasteiger partial charge in [0.15, 0.2) is 0 Å². The van der Waals surface area contributed by atoms with Crippen molar-refractivity contribution in [2.75, 3.05) is 12.0 Å². The Morgan fingerprint density at radius 3 is 2.76 bits per heavy atom. The second-order valence-corrected chi connectivity index (χ2v) is 8.18. The van der Waals surface area contributed by atoms with Crippen LogP contribution >= 0.6 is 0 Å². The second kappa shape index (κ2) is 5.14. The Bertz CT molecular complexity index is 1270. The van der Waals surface area contributed by atoms with Gasteiger partial charge in [-0.25, -0.2) is 0 Å². The Morgan fingerprint density at radius 1 is 1.17 bits per heavy atom. The maximum Gasteiger partial charge on any atom is 0.252 e. The van der Waals surface area contributed by atoms with Gasteiger partial charge in [-0.3, -0.25) is 19.9 Å². The number of ether oxygens (including phenoxy) is 1. The smallest absolute Gasteiger partial charge is 0.252 e. The Labute approximate surface area is 167 Å². The van der Waals surface area contributed by atoms with Crippen molar-refractivity contribution in [2.24, 2.45) is 5.92 Å². The van der Waals surface area contributed by atoms with Gasteiger partial charge in [0.05, 0.1) is 24.4 Å². The summed E-state index contributed by atoms with van der Waals surface area (Å²) in [6, 6.07) is 12.0. The third kappa shape index (κ3) is 1.71. The summed E-state index contributed by atoms with van der Waals surface area (Å²) >= 11 is 0. The third-order valence-corrected chi connectivity index (χ3v) is 7.02. The summed E-state index contributed by atoms with van der Waals surface area (Å²) in [5.41, 5.74) is 4.69. The maximum atomic E-state index is 13.2. The number of carbonyl (C=O) groups excluding carboxylic acids is 2. The summed E-state index contributed by atoms with van der Waals surface area (Å²) in [5.74, 6) is -0.504.